The van der Waals surface area contributed by atoms with Crippen molar-refractivity contribution in [3.63, 3.8) is 0 Å². The first-order chi connectivity index (χ1) is 38.9. The third kappa shape index (κ3) is 16.6. The van der Waals surface area contributed by atoms with Gasteiger partial charge in [-0.2, -0.15) is 0 Å². The molecule has 0 fully saturated rings. The lowest BCUT2D eigenvalue weighted by Crippen LogP contribution is -2.38. The van der Waals surface area contributed by atoms with Crippen molar-refractivity contribution in [2.75, 3.05) is 38.1 Å². The summed E-state index contributed by atoms with van der Waals surface area (Å²) < 4.78 is 40.9. The number of nitrogens with zero attached hydrogens (tertiary/aromatic N) is 4. The highest BCUT2D eigenvalue weighted by Crippen LogP contribution is 2.44. The number of hydrogen-bond acceptors (Lipinski definition) is 9. The van der Waals surface area contributed by atoms with Gasteiger partial charge < -0.3 is 33.5 Å². The topological polar surface area (TPSA) is 130 Å². The molecule has 2 unspecified atom stereocenters. The smallest absolute Gasteiger partial charge is 0.353 e. The summed E-state index contributed by atoms with van der Waals surface area (Å²) >= 11 is 0. The molecule has 6 aromatic carbocycles. The van der Waals surface area contributed by atoms with Crippen molar-refractivity contribution in [1.29, 1.82) is 0 Å². The molecule has 0 saturated carbocycles. The molecular weight excluding hydrogens is 1000 g/mol. The number of benzene rings is 6. The minimum absolute atomic E-state index is 0.00387. The molecule has 0 spiro atoms. The largest absolute Gasteiger partial charge is 0.379 e. The van der Waals surface area contributed by atoms with Crippen LogP contribution in [0.2, 0.25) is 0 Å². The van der Waals surface area contributed by atoms with Crippen LogP contribution in [0.3, 0.4) is 0 Å². The maximum absolute atomic E-state index is 13.8. The fourth-order valence-corrected chi connectivity index (χ4v) is 11.6. The lowest BCUT2D eigenvalue weighted by Gasteiger charge is -2.37. The number of rotatable bonds is 37. The summed E-state index contributed by atoms with van der Waals surface area (Å²) in [6, 6.07) is 61.3. The van der Waals surface area contributed by atoms with Crippen molar-refractivity contribution in [1.82, 2.24) is 19.5 Å². The van der Waals surface area contributed by atoms with Crippen LogP contribution in [-0.4, -0.2) is 63.3 Å². The van der Waals surface area contributed by atoms with Crippen molar-refractivity contribution in [3.05, 3.63) is 228 Å². The van der Waals surface area contributed by atoms with Crippen LogP contribution in [0.4, 0.5) is 5.82 Å². The number of anilines is 1. The van der Waals surface area contributed by atoms with Crippen molar-refractivity contribution >= 4 is 24.6 Å². The molecule has 2 aromatic heterocycles. The van der Waals surface area contributed by atoms with E-state index in [1.54, 1.807) is 6.33 Å². The molecule has 2 heterocycles. The summed E-state index contributed by atoms with van der Waals surface area (Å²) in [5.74, 6) is 0.524. The van der Waals surface area contributed by atoms with Gasteiger partial charge in [-0.3, -0.25) is 4.57 Å². The second-order valence-corrected chi connectivity index (χ2v) is 22.5. The number of hydrogen-bond donors (Lipinski definition) is 2. The van der Waals surface area contributed by atoms with E-state index >= 15 is 0 Å². The van der Waals surface area contributed by atoms with Gasteiger partial charge in [0.1, 0.15) is 29.3 Å². The Kier molecular flexibility index (Phi) is 23.4. The summed E-state index contributed by atoms with van der Waals surface area (Å²) in [5.41, 5.74) is 4.91. The fourth-order valence-electron chi connectivity index (χ4n) is 10.8. The van der Waals surface area contributed by atoms with Gasteiger partial charge in [-0.05, 0) is 39.8 Å². The lowest BCUT2D eigenvalue weighted by molar-refractivity contribution is -0.0631. The summed E-state index contributed by atoms with van der Waals surface area (Å²) in [6.07, 6.45) is 22.8. The van der Waals surface area contributed by atoms with Crippen molar-refractivity contribution in [2.45, 2.75) is 133 Å². The Morgan fingerprint density at radius 2 is 0.937 bits per heavy atom. The number of imidazole rings is 1. The first-order valence-corrected chi connectivity index (χ1v) is 30.8. The second-order valence-electron chi connectivity index (χ2n) is 20.7. The van der Waals surface area contributed by atoms with Crippen LogP contribution in [-0.2, 0) is 41.0 Å². The molecule has 2 atom stereocenters. The standard InChI is InChI=1S/C67H82N5O6P/c1-2-3-4-5-6-7-8-9-10-11-12-13-14-15-16-35-48-75-49-50-78-79(73,74)55-76-62(52-77-67(59-42-29-20-30-43-59,60-44-31-21-32-45-60)61-46-33-22-34-47-61)51-72-54-70-63-64(68-53-69-65(63)72)71-66(56-36-23-17-24-37-56,57-38-25-18-26-39-57)58-40-27-19-28-41-58/h17-34,36-47,53-54,62H,2-16,35,48-52,55H2,1H3,(H,73,74)(H,68,69,71). The Labute approximate surface area is 469 Å². The maximum Gasteiger partial charge on any atom is 0.353 e. The lowest BCUT2D eigenvalue weighted by atomic mass is 9.77. The molecule has 0 aliphatic rings. The quantitative estimate of drug-likeness (QED) is 0.0221. The fraction of sp³-hybridized carbons (Fsp3) is 0.388. The molecule has 8 aromatic rings. The Morgan fingerprint density at radius 3 is 1.38 bits per heavy atom. The van der Waals surface area contributed by atoms with Gasteiger partial charge in [0.05, 0.1) is 38.8 Å². The monoisotopic (exact) mass is 1080 g/mol. The Morgan fingerprint density at radius 1 is 0.519 bits per heavy atom. The van der Waals surface area contributed by atoms with Crippen LogP contribution in [0.25, 0.3) is 11.2 Å². The van der Waals surface area contributed by atoms with Crippen molar-refractivity contribution in [2.24, 2.45) is 0 Å². The van der Waals surface area contributed by atoms with Crippen LogP contribution in [0.15, 0.2) is 195 Å². The van der Waals surface area contributed by atoms with Gasteiger partial charge in [0.25, 0.3) is 0 Å². The zero-order valence-corrected chi connectivity index (χ0v) is 47.2. The van der Waals surface area contributed by atoms with E-state index in [4.69, 9.17) is 33.7 Å². The molecule has 0 saturated heterocycles. The summed E-state index contributed by atoms with van der Waals surface area (Å²) in [6.45, 7) is 3.19. The van der Waals surface area contributed by atoms with Crippen LogP contribution in [0.5, 0.6) is 0 Å². The molecule has 0 bridgehead atoms. The van der Waals surface area contributed by atoms with Gasteiger partial charge in [0.15, 0.2) is 11.5 Å². The predicted molar refractivity (Wildman–Crippen MR) is 319 cm³/mol. The highest BCUT2D eigenvalue weighted by molar-refractivity contribution is 7.52. The van der Waals surface area contributed by atoms with Gasteiger partial charge in [0, 0.05) is 6.61 Å². The molecule has 11 nitrogen and oxygen atoms in total. The molecule has 12 heteroatoms. The first kappa shape index (κ1) is 58.8. The molecule has 8 rings (SSSR count). The molecular formula is C67H82N5O6P. The Hall–Kier alpha value is -6.30. The number of ether oxygens (including phenoxy) is 3. The third-order valence-electron chi connectivity index (χ3n) is 14.9. The van der Waals surface area contributed by atoms with E-state index < -0.39 is 31.2 Å². The predicted octanol–water partition coefficient (Wildman–Crippen LogP) is 16.1. The van der Waals surface area contributed by atoms with E-state index in [9.17, 15) is 9.46 Å². The van der Waals surface area contributed by atoms with E-state index in [1.807, 2.05) is 114 Å². The second kappa shape index (κ2) is 31.5. The van der Waals surface area contributed by atoms with Gasteiger partial charge in [-0.25, -0.2) is 15.0 Å². The highest BCUT2D eigenvalue weighted by Gasteiger charge is 2.40. The van der Waals surface area contributed by atoms with Gasteiger partial charge >= 0.3 is 7.60 Å². The molecule has 0 amide bonds. The van der Waals surface area contributed by atoms with E-state index in [1.165, 1.54) is 96.2 Å². The van der Waals surface area contributed by atoms with Crippen molar-refractivity contribution in [3.8, 4) is 0 Å². The van der Waals surface area contributed by atoms with Gasteiger partial charge in [-0.1, -0.05) is 285 Å². The summed E-state index contributed by atoms with van der Waals surface area (Å²) in [7, 11) is -4.25. The number of nitrogens with one attached hydrogen (secondary N) is 1. The molecule has 79 heavy (non-hydrogen) atoms. The number of fused-ring (bicyclic) bond motifs is 1. The van der Waals surface area contributed by atoms with Crippen LogP contribution >= 0.6 is 7.60 Å². The van der Waals surface area contributed by atoms with E-state index in [0.29, 0.717) is 23.6 Å². The van der Waals surface area contributed by atoms with Crippen LogP contribution < -0.4 is 5.32 Å². The number of aromatic nitrogens is 4. The van der Waals surface area contributed by atoms with Crippen LogP contribution in [0.1, 0.15) is 143 Å². The average Bonchev–Trinajstić information content (AvgIpc) is 4.08. The van der Waals surface area contributed by atoms with E-state index in [0.717, 1.165) is 46.2 Å². The maximum atomic E-state index is 13.8. The van der Waals surface area contributed by atoms with E-state index in [2.05, 4.69) is 85.0 Å². The van der Waals surface area contributed by atoms with Gasteiger partial charge in [0.2, 0.25) is 0 Å². The molecule has 0 aliphatic carbocycles. The van der Waals surface area contributed by atoms with Crippen LogP contribution in [0, 0.1) is 0 Å². The zero-order valence-electron chi connectivity index (χ0n) is 46.3. The third-order valence-corrected chi connectivity index (χ3v) is 16.0. The normalized spacial score (nSPS) is 13.1. The van der Waals surface area contributed by atoms with Gasteiger partial charge in [-0.15, -0.1) is 0 Å². The molecule has 0 aliphatic heterocycles. The highest BCUT2D eigenvalue weighted by atomic mass is 31.2. The molecule has 416 valence electrons. The molecule has 0 radical (unpaired) electrons. The minimum atomic E-state index is -4.25. The average molecular weight is 1080 g/mol. The summed E-state index contributed by atoms with van der Waals surface area (Å²) in [5, 5.41) is 3.88. The SMILES string of the molecule is CCCCCCCCCCCCCCCCCCOCCOP(=O)(O)COC(COC(c1ccccc1)(c1ccccc1)c1ccccc1)Cn1cnc2c(NC(c3ccccc3)(c3ccccc3)c3ccccc3)ncnc21. The Balaban J connectivity index is 0.946. The minimum Gasteiger partial charge on any atom is -0.379 e. The first-order valence-electron chi connectivity index (χ1n) is 29.0. The van der Waals surface area contributed by atoms with Crippen molar-refractivity contribution < 1.29 is 28.2 Å². The van der Waals surface area contributed by atoms with E-state index in [-0.39, 0.29) is 26.4 Å². The molecule has 2 N–H and O–H groups in total. The zero-order chi connectivity index (χ0) is 54.7. The number of unbranched alkanes of at least 4 members (excludes halogenated alkanes) is 15. The summed E-state index contributed by atoms with van der Waals surface area (Å²) in [4.78, 5) is 25.8. The Bertz CT molecular complexity index is 2780.